The van der Waals surface area contributed by atoms with E-state index in [0.717, 1.165) is 12.8 Å². The number of aromatic nitrogens is 1. The molecule has 0 radical (unpaired) electrons. The number of hydrogen-bond donors (Lipinski definition) is 2. The van der Waals surface area contributed by atoms with Gasteiger partial charge in [0, 0.05) is 37.2 Å². The number of anilines is 2. The van der Waals surface area contributed by atoms with Crippen molar-refractivity contribution in [1.29, 1.82) is 0 Å². The van der Waals surface area contributed by atoms with Gasteiger partial charge in [-0.05, 0) is 56.0 Å². The van der Waals surface area contributed by atoms with Crippen molar-refractivity contribution in [3.63, 3.8) is 0 Å². The van der Waals surface area contributed by atoms with Gasteiger partial charge in [-0.15, -0.1) is 0 Å². The highest BCUT2D eigenvalue weighted by molar-refractivity contribution is 6.31. The minimum Gasteiger partial charge on any atom is -0.343 e. The highest BCUT2D eigenvalue weighted by Crippen LogP contribution is 2.29. The lowest BCUT2D eigenvalue weighted by atomic mass is 9.84. The Hall–Kier alpha value is -2.64. The van der Waals surface area contributed by atoms with Crippen LogP contribution in [0.5, 0.6) is 0 Å². The van der Waals surface area contributed by atoms with Crippen LogP contribution < -0.4 is 10.6 Å². The van der Waals surface area contributed by atoms with E-state index >= 15 is 0 Å². The normalized spacial score (nSPS) is 18.2. The summed E-state index contributed by atoms with van der Waals surface area (Å²) >= 11 is 11.9. The van der Waals surface area contributed by atoms with Crippen LogP contribution in [0.2, 0.25) is 10.0 Å². The van der Waals surface area contributed by atoms with Gasteiger partial charge in [0.05, 0.1) is 16.3 Å². The molecule has 9 heteroatoms. The van der Waals surface area contributed by atoms with E-state index in [-0.39, 0.29) is 29.3 Å². The van der Waals surface area contributed by atoms with E-state index in [1.165, 1.54) is 12.3 Å². The van der Waals surface area contributed by atoms with Crippen molar-refractivity contribution in [1.82, 2.24) is 9.88 Å². The molecule has 0 aliphatic heterocycles. The summed E-state index contributed by atoms with van der Waals surface area (Å²) in [4.78, 5) is 43.0. The minimum atomic E-state index is -0.445. The van der Waals surface area contributed by atoms with Gasteiger partial charge < -0.3 is 15.5 Å². The van der Waals surface area contributed by atoms with E-state index < -0.39 is 5.91 Å². The summed E-state index contributed by atoms with van der Waals surface area (Å²) in [6.07, 6.45) is 4.32. The SMILES string of the molecule is CC(=O)N(C)[C@H]1CC[C@H](C(=O)Nc2ccc(Cl)cc2C(=O)Nc2ccc(Cl)cn2)CC1. The fraction of sp³-hybridized carbons (Fsp3) is 0.364. The summed E-state index contributed by atoms with van der Waals surface area (Å²) in [5, 5.41) is 6.38. The number of halogens is 2. The van der Waals surface area contributed by atoms with Gasteiger partial charge in [-0.2, -0.15) is 0 Å². The maximum Gasteiger partial charge on any atom is 0.258 e. The van der Waals surface area contributed by atoms with Crippen molar-refractivity contribution in [2.75, 3.05) is 17.7 Å². The Balaban J connectivity index is 1.68. The zero-order chi connectivity index (χ0) is 22.5. The molecule has 0 saturated heterocycles. The minimum absolute atomic E-state index is 0.0277. The molecule has 0 unspecified atom stereocenters. The first-order valence-corrected chi connectivity index (χ1v) is 10.8. The molecule has 3 amide bonds. The monoisotopic (exact) mass is 462 g/mol. The van der Waals surface area contributed by atoms with Crippen molar-refractivity contribution in [2.24, 2.45) is 5.92 Å². The van der Waals surface area contributed by atoms with E-state index in [1.54, 1.807) is 43.1 Å². The molecule has 0 spiro atoms. The number of benzene rings is 1. The molecule has 1 aliphatic rings. The highest BCUT2D eigenvalue weighted by Gasteiger charge is 2.29. The zero-order valence-electron chi connectivity index (χ0n) is 17.3. The van der Waals surface area contributed by atoms with Gasteiger partial charge >= 0.3 is 0 Å². The Morgan fingerprint density at radius 1 is 1.00 bits per heavy atom. The molecule has 0 bridgehead atoms. The molecule has 1 heterocycles. The Bertz CT molecular complexity index is 973. The van der Waals surface area contributed by atoms with Gasteiger partial charge in [0.25, 0.3) is 5.91 Å². The second-order valence-corrected chi connectivity index (χ2v) is 8.50. The largest absolute Gasteiger partial charge is 0.343 e. The predicted molar refractivity (Wildman–Crippen MR) is 121 cm³/mol. The van der Waals surface area contributed by atoms with Gasteiger partial charge in [0.2, 0.25) is 11.8 Å². The summed E-state index contributed by atoms with van der Waals surface area (Å²) in [6.45, 7) is 1.55. The number of amides is 3. The first-order chi connectivity index (χ1) is 14.7. The lowest BCUT2D eigenvalue weighted by Crippen LogP contribution is -2.40. The average Bonchev–Trinajstić information content (AvgIpc) is 2.76. The van der Waals surface area contributed by atoms with Crippen molar-refractivity contribution in [3.05, 3.63) is 52.1 Å². The van der Waals surface area contributed by atoms with Crippen LogP contribution in [0.1, 0.15) is 43.0 Å². The summed E-state index contributed by atoms with van der Waals surface area (Å²) in [5.74, 6) is -0.412. The van der Waals surface area contributed by atoms with Crippen LogP contribution in [-0.4, -0.2) is 40.7 Å². The second kappa shape index (κ2) is 10.1. The third-order valence-electron chi connectivity index (χ3n) is 5.57. The molecule has 1 aliphatic carbocycles. The number of hydrogen-bond acceptors (Lipinski definition) is 4. The molecular formula is C22H24Cl2N4O3. The second-order valence-electron chi connectivity index (χ2n) is 7.63. The first kappa shape index (κ1) is 23.0. The Kier molecular flexibility index (Phi) is 7.51. The summed E-state index contributed by atoms with van der Waals surface area (Å²) in [7, 11) is 1.79. The standard InChI is InChI=1S/C22H24Cl2N4O3/c1-13(29)28(2)17-7-3-14(4-8-17)21(30)26-19-9-5-15(23)11-18(19)22(31)27-20-10-6-16(24)12-25-20/h5-6,9-12,14,17H,3-4,7-8H2,1-2H3,(H,26,30)(H,25,27,31)/t14-,17-. The summed E-state index contributed by atoms with van der Waals surface area (Å²) < 4.78 is 0. The van der Waals surface area contributed by atoms with Crippen LogP contribution >= 0.6 is 23.2 Å². The first-order valence-electron chi connectivity index (χ1n) is 10.0. The molecule has 7 nitrogen and oxygen atoms in total. The van der Waals surface area contributed by atoms with E-state index in [9.17, 15) is 14.4 Å². The highest BCUT2D eigenvalue weighted by atomic mass is 35.5. The van der Waals surface area contributed by atoms with E-state index in [0.29, 0.717) is 34.4 Å². The van der Waals surface area contributed by atoms with Crippen LogP contribution in [0.3, 0.4) is 0 Å². The van der Waals surface area contributed by atoms with Crippen LogP contribution in [-0.2, 0) is 9.59 Å². The quantitative estimate of drug-likeness (QED) is 0.677. The molecule has 1 saturated carbocycles. The zero-order valence-corrected chi connectivity index (χ0v) is 18.8. The van der Waals surface area contributed by atoms with Crippen molar-refractivity contribution >= 4 is 52.4 Å². The van der Waals surface area contributed by atoms with E-state index in [1.807, 2.05) is 0 Å². The average molecular weight is 463 g/mol. The predicted octanol–water partition coefficient (Wildman–Crippen LogP) is 4.62. The molecule has 31 heavy (non-hydrogen) atoms. The molecular weight excluding hydrogens is 439 g/mol. The van der Waals surface area contributed by atoms with Crippen molar-refractivity contribution in [3.8, 4) is 0 Å². The topological polar surface area (TPSA) is 91.4 Å². The fourth-order valence-corrected chi connectivity index (χ4v) is 3.95. The van der Waals surface area contributed by atoms with Crippen molar-refractivity contribution < 1.29 is 14.4 Å². The lowest BCUT2D eigenvalue weighted by Gasteiger charge is -2.33. The molecule has 1 aromatic heterocycles. The third kappa shape index (κ3) is 5.95. The number of carbonyl (C=O) groups excluding carboxylic acids is 3. The Labute approximate surface area is 191 Å². The van der Waals surface area contributed by atoms with Gasteiger partial charge in [0.15, 0.2) is 0 Å². The number of carbonyl (C=O) groups is 3. The van der Waals surface area contributed by atoms with E-state index in [2.05, 4.69) is 15.6 Å². The van der Waals surface area contributed by atoms with Crippen molar-refractivity contribution in [2.45, 2.75) is 38.6 Å². The molecule has 3 rings (SSSR count). The van der Waals surface area contributed by atoms with Crippen LogP contribution in [0.25, 0.3) is 0 Å². The molecule has 2 aromatic rings. The molecule has 1 fully saturated rings. The lowest BCUT2D eigenvalue weighted by molar-refractivity contribution is -0.130. The number of pyridine rings is 1. The third-order valence-corrected chi connectivity index (χ3v) is 6.02. The van der Waals surface area contributed by atoms with Gasteiger partial charge in [0.1, 0.15) is 5.82 Å². The van der Waals surface area contributed by atoms with Gasteiger partial charge in [-0.25, -0.2) is 4.98 Å². The number of rotatable bonds is 5. The Morgan fingerprint density at radius 3 is 2.29 bits per heavy atom. The summed E-state index contributed by atoms with van der Waals surface area (Å²) in [6, 6.07) is 8.09. The smallest absolute Gasteiger partial charge is 0.258 e. The molecule has 2 N–H and O–H groups in total. The Morgan fingerprint density at radius 2 is 1.68 bits per heavy atom. The summed E-state index contributed by atoms with van der Waals surface area (Å²) in [5.41, 5.74) is 0.617. The number of nitrogens with zero attached hydrogens (tertiary/aromatic N) is 2. The maximum absolute atomic E-state index is 12.9. The van der Waals surface area contributed by atoms with Gasteiger partial charge in [-0.1, -0.05) is 23.2 Å². The van der Waals surface area contributed by atoms with Crippen LogP contribution in [0.4, 0.5) is 11.5 Å². The fourth-order valence-electron chi connectivity index (χ4n) is 3.66. The molecule has 1 aromatic carbocycles. The van der Waals surface area contributed by atoms with Gasteiger partial charge in [-0.3, -0.25) is 14.4 Å². The number of nitrogens with one attached hydrogen (secondary N) is 2. The maximum atomic E-state index is 12.9. The molecule has 0 atom stereocenters. The van der Waals surface area contributed by atoms with Crippen LogP contribution in [0, 0.1) is 5.92 Å². The molecule has 164 valence electrons. The van der Waals surface area contributed by atoms with Crippen LogP contribution in [0.15, 0.2) is 36.5 Å². The van der Waals surface area contributed by atoms with E-state index in [4.69, 9.17) is 23.2 Å².